The molecule has 3 rings (SSSR count). The fourth-order valence-electron chi connectivity index (χ4n) is 2.55. The average molecular weight is 275 g/mol. The van der Waals surface area contributed by atoms with E-state index in [-0.39, 0.29) is 24.5 Å². The molecular weight excluding hydrogens is 258 g/mol. The van der Waals surface area contributed by atoms with Crippen LogP contribution in [0.25, 0.3) is 5.95 Å². The molecule has 8 nitrogen and oxygen atoms in total. The monoisotopic (exact) mass is 275 g/mol. The predicted molar refractivity (Wildman–Crippen MR) is 73.2 cm³/mol. The van der Waals surface area contributed by atoms with Crippen LogP contribution in [0.4, 0.5) is 11.9 Å². The van der Waals surface area contributed by atoms with Crippen LogP contribution in [0.1, 0.15) is 19.3 Å². The zero-order chi connectivity index (χ0) is 13.9. The van der Waals surface area contributed by atoms with E-state index in [4.69, 9.17) is 5.73 Å². The van der Waals surface area contributed by atoms with Gasteiger partial charge in [-0.2, -0.15) is 15.0 Å². The highest BCUT2D eigenvalue weighted by Crippen LogP contribution is 2.27. The van der Waals surface area contributed by atoms with Crippen LogP contribution in [0.5, 0.6) is 0 Å². The van der Waals surface area contributed by atoms with E-state index in [1.54, 1.807) is 23.3 Å². The normalized spacial score (nSPS) is 22.1. The lowest BCUT2D eigenvalue weighted by Crippen LogP contribution is -2.27. The van der Waals surface area contributed by atoms with E-state index in [2.05, 4.69) is 25.3 Å². The molecule has 0 aliphatic heterocycles. The van der Waals surface area contributed by atoms with Gasteiger partial charge < -0.3 is 16.2 Å². The summed E-state index contributed by atoms with van der Waals surface area (Å²) in [6, 6.07) is 0.178. The Morgan fingerprint density at radius 1 is 1.35 bits per heavy atom. The largest absolute Gasteiger partial charge is 0.396 e. The van der Waals surface area contributed by atoms with E-state index in [1.807, 2.05) is 0 Å². The maximum absolute atomic E-state index is 9.34. The summed E-state index contributed by atoms with van der Waals surface area (Å²) in [5, 5.41) is 12.6. The summed E-state index contributed by atoms with van der Waals surface area (Å²) in [5.74, 6) is 1.26. The van der Waals surface area contributed by atoms with Gasteiger partial charge in [-0.1, -0.05) is 6.42 Å². The minimum atomic E-state index is 0.157. The minimum absolute atomic E-state index is 0.157. The molecule has 2 atom stereocenters. The first kappa shape index (κ1) is 12.8. The number of nitrogens with two attached hydrogens (primary N) is 1. The van der Waals surface area contributed by atoms with Gasteiger partial charge in [-0.25, -0.2) is 4.98 Å². The molecule has 0 aromatic carbocycles. The fourth-order valence-corrected chi connectivity index (χ4v) is 2.55. The summed E-state index contributed by atoms with van der Waals surface area (Å²) < 4.78 is 1.67. The number of hydrogen-bond acceptors (Lipinski definition) is 7. The summed E-state index contributed by atoms with van der Waals surface area (Å²) in [7, 11) is 0. The molecule has 1 fully saturated rings. The Labute approximate surface area is 116 Å². The Hall–Kier alpha value is -2.22. The van der Waals surface area contributed by atoms with Crippen LogP contribution < -0.4 is 11.1 Å². The molecule has 1 saturated carbocycles. The molecule has 0 bridgehead atoms. The highest BCUT2D eigenvalue weighted by atomic mass is 16.3. The molecule has 2 aromatic heterocycles. The van der Waals surface area contributed by atoms with Gasteiger partial charge in [0.25, 0.3) is 0 Å². The predicted octanol–water partition coefficient (Wildman–Crippen LogP) is 0.212. The molecule has 2 unspecified atom stereocenters. The van der Waals surface area contributed by atoms with Gasteiger partial charge in [0.05, 0.1) is 0 Å². The Balaban J connectivity index is 1.83. The molecular formula is C12H17N7O. The number of hydrogen-bond donors (Lipinski definition) is 3. The highest BCUT2D eigenvalue weighted by molar-refractivity contribution is 5.36. The van der Waals surface area contributed by atoms with E-state index >= 15 is 0 Å². The lowest BCUT2D eigenvalue weighted by Gasteiger charge is -2.19. The summed E-state index contributed by atoms with van der Waals surface area (Å²) in [4.78, 5) is 16.5. The van der Waals surface area contributed by atoms with E-state index in [9.17, 15) is 5.11 Å². The standard InChI is InChI=1S/C12H17N7O/c13-10-16-11(15-9-3-1-2-8(9)6-20)18-12(17-10)19-5-4-14-7-19/h4-5,7-9,20H,1-3,6H2,(H3,13,15,16,17,18). The van der Waals surface area contributed by atoms with Crippen molar-refractivity contribution >= 4 is 11.9 Å². The molecule has 0 amide bonds. The van der Waals surface area contributed by atoms with Crippen LogP contribution in [-0.2, 0) is 0 Å². The summed E-state index contributed by atoms with van der Waals surface area (Å²) in [6.07, 6.45) is 8.10. The SMILES string of the molecule is Nc1nc(NC2CCCC2CO)nc(-n2ccnc2)n1. The number of rotatable bonds is 4. The second-order valence-electron chi connectivity index (χ2n) is 4.91. The van der Waals surface area contributed by atoms with Gasteiger partial charge in [0.15, 0.2) is 0 Å². The van der Waals surface area contributed by atoms with Crippen molar-refractivity contribution in [3.63, 3.8) is 0 Å². The van der Waals surface area contributed by atoms with Crippen LogP contribution in [0, 0.1) is 5.92 Å². The smallest absolute Gasteiger partial charge is 0.241 e. The van der Waals surface area contributed by atoms with Crippen molar-refractivity contribution < 1.29 is 5.11 Å². The number of aliphatic hydroxyl groups excluding tert-OH is 1. The highest BCUT2D eigenvalue weighted by Gasteiger charge is 2.27. The van der Waals surface area contributed by atoms with Crippen molar-refractivity contribution in [1.82, 2.24) is 24.5 Å². The molecule has 2 heterocycles. The van der Waals surface area contributed by atoms with Gasteiger partial charge >= 0.3 is 0 Å². The number of aromatic nitrogens is 5. The molecule has 0 spiro atoms. The number of nitrogens with zero attached hydrogens (tertiary/aromatic N) is 5. The quantitative estimate of drug-likeness (QED) is 0.730. The van der Waals surface area contributed by atoms with Gasteiger partial charge in [-0.05, 0) is 12.8 Å². The lowest BCUT2D eigenvalue weighted by atomic mass is 10.1. The molecule has 2 aromatic rings. The van der Waals surface area contributed by atoms with Crippen LogP contribution in [0.15, 0.2) is 18.7 Å². The van der Waals surface area contributed by atoms with E-state index in [0.717, 1.165) is 19.3 Å². The summed E-state index contributed by atoms with van der Waals surface area (Å²) in [6.45, 7) is 0.173. The van der Waals surface area contributed by atoms with Gasteiger partial charge in [-0.15, -0.1) is 0 Å². The number of aliphatic hydroxyl groups is 1. The molecule has 1 aliphatic rings. The van der Waals surface area contributed by atoms with E-state index in [0.29, 0.717) is 11.9 Å². The van der Waals surface area contributed by atoms with Crippen LogP contribution in [-0.4, -0.2) is 42.3 Å². The molecule has 8 heteroatoms. The molecule has 20 heavy (non-hydrogen) atoms. The maximum atomic E-state index is 9.34. The number of nitrogens with one attached hydrogen (secondary N) is 1. The molecule has 106 valence electrons. The third kappa shape index (κ3) is 2.55. The zero-order valence-corrected chi connectivity index (χ0v) is 11.0. The first-order valence-electron chi connectivity index (χ1n) is 6.63. The van der Waals surface area contributed by atoms with Crippen molar-refractivity contribution in [2.45, 2.75) is 25.3 Å². The third-order valence-corrected chi connectivity index (χ3v) is 3.58. The first-order valence-corrected chi connectivity index (χ1v) is 6.63. The van der Waals surface area contributed by atoms with Gasteiger partial charge in [-0.3, -0.25) is 4.57 Å². The van der Waals surface area contributed by atoms with Gasteiger partial charge in [0, 0.05) is 31.0 Å². The van der Waals surface area contributed by atoms with Crippen LogP contribution >= 0.6 is 0 Å². The number of nitrogen functional groups attached to an aromatic ring is 1. The second kappa shape index (κ2) is 5.41. The maximum Gasteiger partial charge on any atom is 0.241 e. The van der Waals surface area contributed by atoms with Gasteiger partial charge in [0.2, 0.25) is 17.8 Å². The Morgan fingerprint density at radius 3 is 3.00 bits per heavy atom. The van der Waals surface area contributed by atoms with Crippen LogP contribution in [0.2, 0.25) is 0 Å². The Kier molecular flexibility index (Phi) is 3.46. The zero-order valence-electron chi connectivity index (χ0n) is 11.0. The topological polar surface area (TPSA) is 115 Å². The third-order valence-electron chi connectivity index (χ3n) is 3.58. The minimum Gasteiger partial charge on any atom is -0.396 e. The van der Waals surface area contributed by atoms with E-state index < -0.39 is 0 Å². The van der Waals surface area contributed by atoms with Crippen molar-refractivity contribution in [2.24, 2.45) is 5.92 Å². The lowest BCUT2D eigenvalue weighted by molar-refractivity contribution is 0.222. The van der Waals surface area contributed by atoms with Crippen molar-refractivity contribution in [3.05, 3.63) is 18.7 Å². The van der Waals surface area contributed by atoms with Crippen molar-refractivity contribution in [1.29, 1.82) is 0 Å². The van der Waals surface area contributed by atoms with Gasteiger partial charge in [0.1, 0.15) is 6.33 Å². The van der Waals surface area contributed by atoms with Crippen molar-refractivity contribution in [3.8, 4) is 5.95 Å². The van der Waals surface area contributed by atoms with E-state index in [1.165, 1.54) is 0 Å². The average Bonchev–Trinajstić information content (AvgIpc) is 3.08. The fraction of sp³-hybridized carbons (Fsp3) is 0.500. The number of imidazole rings is 1. The Bertz CT molecular complexity index is 571. The summed E-state index contributed by atoms with van der Waals surface area (Å²) >= 11 is 0. The molecule has 4 N–H and O–H groups in total. The van der Waals surface area contributed by atoms with Crippen molar-refractivity contribution in [2.75, 3.05) is 17.7 Å². The van der Waals surface area contributed by atoms with Crippen LogP contribution in [0.3, 0.4) is 0 Å². The first-order chi connectivity index (χ1) is 9.76. The number of anilines is 2. The summed E-state index contributed by atoms with van der Waals surface area (Å²) in [5.41, 5.74) is 5.72. The Morgan fingerprint density at radius 2 is 2.25 bits per heavy atom. The molecule has 0 radical (unpaired) electrons. The second-order valence-corrected chi connectivity index (χ2v) is 4.91. The molecule has 1 aliphatic carbocycles. The molecule has 0 saturated heterocycles.